The number of alkyl carbamates (subject to hydrolysis) is 1. The van der Waals surface area contributed by atoms with Crippen LogP contribution in [0.4, 0.5) is 23.7 Å². The number of nitrogens with zero attached hydrogens (tertiary/aromatic N) is 2. The van der Waals surface area contributed by atoms with Crippen LogP contribution in [0, 0.1) is 0 Å². The molecule has 0 atom stereocenters. The lowest BCUT2D eigenvalue weighted by atomic mass is 10.1. The number of hydrogen-bond acceptors (Lipinski definition) is 5. The van der Waals surface area contributed by atoms with E-state index in [0.29, 0.717) is 10.4 Å². The summed E-state index contributed by atoms with van der Waals surface area (Å²) in [6.07, 6.45) is -5.42. The first-order valence-corrected chi connectivity index (χ1v) is 12.6. The number of hydrogen-bond donors (Lipinski definition) is 1. The van der Waals surface area contributed by atoms with Crippen molar-refractivity contribution in [2.75, 3.05) is 23.9 Å². The molecular weight excluding hydrogens is 523 g/mol. The summed E-state index contributed by atoms with van der Waals surface area (Å²) in [4.78, 5) is 25.9. The fourth-order valence-corrected chi connectivity index (χ4v) is 5.09. The summed E-state index contributed by atoms with van der Waals surface area (Å²) in [6, 6.07) is 8.83. The molecule has 0 radical (unpaired) electrons. The van der Waals surface area contributed by atoms with Crippen LogP contribution in [-0.4, -0.2) is 56.6 Å². The maximum Gasteiger partial charge on any atom is 0.416 e. The van der Waals surface area contributed by atoms with E-state index in [-0.39, 0.29) is 23.0 Å². The molecule has 196 valence electrons. The molecule has 0 aromatic heterocycles. The van der Waals surface area contributed by atoms with Crippen molar-refractivity contribution in [3.63, 3.8) is 0 Å². The van der Waals surface area contributed by atoms with Crippen LogP contribution < -0.4 is 9.62 Å². The second kappa shape index (κ2) is 10.2. The van der Waals surface area contributed by atoms with Crippen molar-refractivity contribution in [2.24, 2.45) is 0 Å². The molecule has 0 unspecified atom stereocenters. The van der Waals surface area contributed by atoms with Gasteiger partial charge in [-0.25, -0.2) is 13.2 Å². The number of rotatable bonds is 6. The first kappa shape index (κ1) is 27.6. The number of likely N-dealkylation sites (tertiary alicyclic amines) is 1. The zero-order valence-electron chi connectivity index (χ0n) is 19.7. The minimum atomic E-state index is -4.76. The second-order valence-corrected chi connectivity index (χ2v) is 11.4. The van der Waals surface area contributed by atoms with E-state index in [2.05, 4.69) is 5.32 Å². The number of amides is 2. The Morgan fingerprint density at radius 1 is 1.11 bits per heavy atom. The summed E-state index contributed by atoms with van der Waals surface area (Å²) in [6.45, 7) is 4.45. The average Bonchev–Trinajstić information content (AvgIpc) is 2.73. The number of sulfonamides is 1. The highest BCUT2D eigenvalue weighted by Gasteiger charge is 2.38. The molecule has 3 rings (SSSR count). The topological polar surface area (TPSA) is 96.0 Å². The van der Waals surface area contributed by atoms with Crippen molar-refractivity contribution in [2.45, 2.75) is 43.5 Å². The Bertz CT molecular complexity index is 1230. The summed E-state index contributed by atoms with van der Waals surface area (Å²) >= 11 is 6.12. The third-order valence-electron chi connectivity index (χ3n) is 5.11. The van der Waals surface area contributed by atoms with Gasteiger partial charge in [0, 0.05) is 13.1 Å². The molecule has 1 N–H and O–H groups in total. The summed E-state index contributed by atoms with van der Waals surface area (Å²) in [5.74, 6) is -0.676. The predicted molar refractivity (Wildman–Crippen MR) is 127 cm³/mol. The average molecular weight is 548 g/mol. The van der Waals surface area contributed by atoms with Gasteiger partial charge in [0.05, 0.1) is 27.2 Å². The van der Waals surface area contributed by atoms with Gasteiger partial charge in [0.15, 0.2) is 0 Å². The summed E-state index contributed by atoms with van der Waals surface area (Å²) in [5.41, 5.74) is -2.30. The largest absolute Gasteiger partial charge is 0.444 e. The molecule has 1 heterocycles. The fraction of sp³-hybridized carbons (Fsp3) is 0.391. The Hall–Kier alpha value is -2.99. The molecule has 8 nitrogen and oxygen atoms in total. The zero-order valence-corrected chi connectivity index (χ0v) is 21.2. The molecule has 0 spiro atoms. The zero-order chi connectivity index (χ0) is 26.9. The van der Waals surface area contributed by atoms with Gasteiger partial charge in [-0.2, -0.15) is 13.2 Å². The number of nitrogens with one attached hydrogen (secondary N) is 1. The number of halogens is 4. The van der Waals surface area contributed by atoms with Crippen LogP contribution in [0.1, 0.15) is 26.3 Å². The number of benzene rings is 2. The molecule has 1 saturated heterocycles. The Kier molecular flexibility index (Phi) is 7.80. The molecule has 13 heteroatoms. The molecule has 2 aromatic carbocycles. The molecule has 36 heavy (non-hydrogen) atoms. The Balaban J connectivity index is 1.84. The van der Waals surface area contributed by atoms with Gasteiger partial charge in [0.1, 0.15) is 12.1 Å². The van der Waals surface area contributed by atoms with Gasteiger partial charge in [-0.1, -0.05) is 29.8 Å². The van der Waals surface area contributed by atoms with Crippen LogP contribution in [-0.2, 0) is 25.7 Å². The molecular formula is C23H25ClF3N3O5S. The first-order valence-electron chi connectivity index (χ1n) is 10.8. The number of anilines is 1. The highest BCUT2D eigenvalue weighted by Crippen LogP contribution is 2.37. The maximum atomic E-state index is 13.4. The van der Waals surface area contributed by atoms with E-state index in [1.165, 1.54) is 29.2 Å². The van der Waals surface area contributed by atoms with E-state index >= 15 is 0 Å². The lowest BCUT2D eigenvalue weighted by molar-refractivity contribution is -0.137. The number of carbonyl (C=O) groups is 2. The third kappa shape index (κ3) is 6.61. The number of carbonyl (C=O) groups excluding carboxylic acids is 2. The molecule has 2 aromatic rings. The molecule has 0 aliphatic carbocycles. The van der Waals surface area contributed by atoms with Gasteiger partial charge in [-0.05, 0) is 51.1 Å². The SMILES string of the molecule is CC(C)(C)OC(=O)NC1CN(C(=O)CN(c2cc(C(F)(F)F)ccc2Cl)S(=O)(=O)c2ccccc2)C1. The molecule has 2 amide bonds. The summed E-state index contributed by atoms with van der Waals surface area (Å²) in [7, 11) is -4.46. The van der Waals surface area contributed by atoms with Crippen LogP contribution in [0.25, 0.3) is 0 Å². The second-order valence-electron chi connectivity index (χ2n) is 9.13. The maximum absolute atomic E-state index is 13.4. The van der Waals surface area contributed by atoms with Crippen molar-refractivity contribution < 1.29 is 35.9 Å². The Labute approximate surface area is 212 Å². The van der Waals surface area contributed by atoms with Gasteiger partial charge in [-0.3, -0.25) is 9.10 Å². The van der Waals surface area contributed by atoms with Crippen LogP contribution in [0.5, 0.6) is 0 Å². The predicted octanol–water partition coefficient (Wildman–Crippen LogP) is 4.29. The van der Waals surface area contributed by atoms with E-state index in [1.54, 1.807) is 26.8 Å². The van der Waals surface area contributed by atoms with Gasteiger partial charge in [0.2, 0.25) is 5.91 Å². The molecule has 0 bridgehead atoms. The number of ether oxygens (including phenoxy) is 1. The van der Waals surface area contributed by atoms with Crippen molar-refractivity contribution in [3.8, 4) is 0 Å². The fourth-order valence-electron chi connectivity index (χ4n) is 3.37. The van der Waals surface area contributed by atoms with Gasteiger partial charge in [0.25, 0.3) is 10.0 Å². The lowest BCUT2D eigenvalue weighted by Gasteiger charge is -2.40. The van der Waals surface area contributed by atoms with Crippen molar-refractivity contribution >= 4 is 39.3 Å². The van der Waals surface area contributed by atoms with Crippen LogP contribution in [0.3, 0.4) is 0 Å². The van der Waals surface area contributed by atoms with E-state index in [9.17, 15) is 31.2 Å². The Morgan fingerprint density at radius 3 is 2.28 bits per heavy atom. The lowest BCUT2D eigenvalue weighted by Crippen LogP contribution is -2.62. The Morgan fingerprint density at radius 2 is 1.72 bits per heavy atom. The highest BCUT2D eigenvalue weighted by atomic mass is 35.5. The molecule has 1 aliphatic rings. The normalized spacial score (nSPS) is 14.7. The third-order valence-corrected chi connectivity index (χ3v) is 7.20. The van der Waals surface area contributed by atoms with Crippen LogP contribution in [0.15, 0.2) is 53.4 Å². The minimum Gasteiger partial charge on any atom is -0.444 e. The quantitative estimate of drug-likeness (QED) is 0.582. The van der Waals surface area contributed by atoms with E-state index in [0.717, 1.165) is 12.1 Å². The monoisotopic (exact) mass is 547 g/mol. The van der Waals surface area contributed by atoms with Gasteiger partial charge >= 0.3 is 12.3 Å². The van der Waals surface area contributed by atoms with Gasteiger partial charge < -0.3 is 15.0 Å². The molecule has 0 saturated carbocycles. The van der Waals surface area contributed by atoms with Gasteiger partial charge in [-0.15, -0.1) is 0 Å². The minimum absolute atomic E-state index is 0.0770. The smallest absolute Gasteiger partial charge is 0.416 e. The number of alkyl halides is 3. The van der Waals surface area contributed by atoms with E-state index in [1.807, 2.05) is 0 Å². The molecule has 1 aliphatic heterocycles. The van der Waals surface area contributed by atoms with Crippen molar-refractivity contribution in [3.05, 3.63) is 59.1 Å². The van der Waals surface area contributed by atoms with Crippen LogP contribution in [0.2, 0.25) is 5.02 Å². The van der Waals surface area contributed by atoms with E-state index < -0.39 is 57.6 Å². The summed E-state index contributed by atoms with van der Waals surface area (Å²) in [5, 5.41) is 2.32. The van der Waals surface area contributed by atoms with Crippen molar-refractivity contribution in [1.82, 2.24) is 10.2 Å². The molecule has 1 fully saturated rings. The highest BCUT2D eigenvalue weighted by molar-refractivity contribution is 7.92. The summed E-state index contributed by atoms with van der Waals surface area (Å²) < 4.78 is 72.6. The standard InChI is InChI=1S/C23H25ClF3N3O5S/c1-22(2,3)35-21(32)28-16-12-29(13-16)20(31)14-30(36(33,34)17-7-5-4-6-8-17)19-11-15(23(25,26)27)9-10-18(19)24/h4-11,16H,12-14H2,1-3H3,(H,28,32). The first-order chi connectivity index (χ1) is 16.6. The van der Waals surface area contributed by atoms with Crippen molar-refractivity contribution in [1.29, 1.82) is 0 Å². The van der Waals surface area contributed by atoms with E-state index in [4.69, 9.17) is 16.3 Å². The van der Waals surface area contributed by atoms with Crippen LogP contribution >= 0.6 is 11.6 Å².